The van der Waals surface area contributed by atoms with Gasteiger partial charge in [-0.2, -0.15) is 0 Å². The monoisotopic (exact) mass is 350 g/mol. The van der Waals surface area contributed by atoms with Crippen molar-refractivity contribution in [3.63, 3.8) is 0 Å². The molecule has 142 valence electrons. The number of hydrogen-bond donors (Lipinski definition) is 2. The van der Waals surface area contributed by atoms with E-state index in [1.54, 1.807) is 14.2 Å². The summed E-state index contributed by atoms with van der Waals surface area (Å²) in [5, 5.41) is 7.43. The number of ether oxygens (including phenoxy) is 3. The minimum atomic E-state index is 0.133. The van der Waals surface area contributed by atoms with Gasteiger partial charge in [0.25, 0.3) is 0 Å². The second-order valence-electron chi connectivity index (χ2n) is 8.14. The Labute approximate surface area is 152 Å². The van der Waals surface area contributed by atoms with Gasteiger partial charge in [-0.1, -0.05) is 0 Å². The first-order valence-corrected chi connectivity index (χ1v) is 9.10. The summed E-state index contributed by atoms with van der Waals surface area (Å²) in [7, 11) is 3.32. The van der Waals surface area contributed by atoms with Crippen LogP contribution in [-0.4, -0.2) is 37.9 Å². The van der Waals surface area contributed by atoms with E-state index < -0.39 is 0 Å². The van der Waals surface area contributed by atoms with Crippen LogP contribution >= 0.6 is 0 Å². The van der Waals surface area contributed by atoms with Crippen molar-refractivity contribution in [1.82, 2.24) is 10.6 Å². The molecule has 25 heavy (non-hydrogen) atoms. The predicted octanol–water partition coefficient (Wildman–Crippen LogP) is 3.50. The minimum absolute atomic E-state index is 0.133. The molecule has 0 unspecified atom stereocenters. The maximum atomic E-state index is 5.68. The molecule has 5 nitrogen and oxygen atoms in total. The van der Waals surface area contributed by atoms with Crippen LogP contribution in [0.2, 0.25) is 0 Å². The highest BCUT2D eigenvalue weighted by Gasteiger charge is 2.37. The minimum Gasteiger partial charge on any atom is -0.493 e. The highest BCUT2D eigenvalue weighted by molar-refractivity contribution is 5.53. The molecule has 0 saturated carbocycles. The fraction of sp³-hybridized carbons (Fsp3) is 0.700. The summed E-state index contributed by atoms with van der Waals surface area (Å²) < 4.78 is 16.7. The zero-order chi connectivity index (χ0) is 18.7. The van der Waals surface area contributed by atoms with Crippen molar-refractivity contribution in [2.45, 2.75) is 71.1 Å². The van der Waals surface area contributed by atoms with Gasteiger partial charge in [0.05, 0.1) is 20.8 Å². The molecule has 2 N–H and O–H groups in total. The van der Waals surface area contributed by atoms with Crippen molar-refractivity contribution in [1.29, 1.82) is 0 Å². The largest absolute Gasteiger partial charge is 0.493 e. The molecule has 2 rings (SSSR count). The number of methoxy groups -OCH3 is 2. The summed E-state index contributed by atoms with van der Waals surface area (Å²) in [5.74, 6) is 2.09. The molecule has 0 radical (unpaired) electrons. The van der Waals surface area contributed by atoms with Crippen LogP contribution in [0.25, 0.3) is 0 Å². The molecule has 0 aromatic heterocycles. The standard InChI is InChI=1S/C20H34N2O3/c1-8-25-18-16(23-6)9-14(10-17(18)24-7)13-21-15-11-19(2,3)22-20(4,5)12-15/h9-10,15,21-22H,8,11-13H2,1-7H3. The van der Waals surface area contributed by atoms with Gasteiger partial charge >= 0.3 is 0 Å². The van der Waals surface area contributed by atoms with E-state index in [1.807, 2.05) is 19.1 Å². The van der Waals surface area contributed by atoms with Gasteiger partial charge in [-0.05, 0) is 65.2 Å². The van der Waals surface area contributed by atoms with Crippen LogP contribution < -0.4 is 24.8 Å². The third-order valence-electron chi connectivity index (χ3n) is 4.59. The van der Waals surface area contributed by atoms with Crippen molar-refractivity contribution in [3.8, 4) is 17.2 Å². The first-order valence-electron chi connectivity index (χ1n) is 9.10. The van der Waals surface area contributed by atoms with Crippen molar-refractivity contribution < 1.29 is 14.2 Å². The van der Waals surface area contributed by atoms with Crippen LogP contribution in [0.1, 0.15) is 53.0 Å². The van der Waals surface area contributed by atoms with Gasteiger partial charge in [-0.15, -0.1) is 0 Å². The van der Waals surface area contributed by atoms with Crippen molar-refractivity contribution in [3.05, 3.63) is 17.7 Å². The molecule has 0 bridgehead atoms. The first kappa shape index (κ1) is 19.9. The molecule has 5 heteroatoms. The zero-order valence-corrected chi connectivity index (χ0v) is 16.8. The van der Waals surface area contributed by atoms with Gasteiger partial charge < -0.3 is 24.8 Å². The molecule has 1 aromatic rings. The summed E-state index contributed by atoms with van der Waals surface area (Å²) in [6.45, 7) is 12.4. The van der Waals surface area contributed by atoms with Crippen LogP contribution in [-0.2, 0) is 6.54 Å². The first-order chi connectivity index (χ1) is 11.7. The van der Waals surface area contributed by atoms with Gasteiger partial charge in [0.15, 0.2) is 11.5 Å². The normalized spacial score (nSPS) is 19.5. The van der Waals surface area contributed by atoms with Gasteiger partial charge in [0.2, 0.25) is 5.75 Å². The molecule has 0 aliphatic carbocycles. The van der Waals surface area contributed by atoms with E-state index in [2.05, 4.69) is 38.3 Å². The summed E-state index contributed by atoms with van der Waals surface area (Å²) in [6.07, 6.45) is 2.20. The molecule has 0 atom stereocenters. The number of benzene rings is 1. The number of piperidine rings is 1. The quantitative estimate of drug-likeness (QED) is 0.788. The third kappa shape index (κ3) is 5.25. The van der Waals surface area contributed by atoms with Crippen LogP contribution in [0, 0.1) is 0 Å². The van der Waals surface area contributed by atoms with E-state index in [4.69, 9.17) is 14.2 Å². The Hall–Kier alpha value is -1.46. The summed E-state index contributed by atoms with van der Waals surface area (Å²) in [6, 6.07) is 4.52. The van der Waals surface area contributed by atoms with E-state index in [0.717, 1.165) is 24.9 Å². The summed E-state index contributed by atoms with van der Waals surface area (Å²) in [4.78, 5) is 0. The van der Waals surface area contributed by atoms with E-state index in [0.29, 0.717) is 29.9 Å². The summed E-state index contributed by atoms with van der Waals surface area (Å²) in [5.41, 5.74) is 1.40. The fourth-order valence-corrected chi connectivity index (χ4v) is 4.05. The Balaban J connectivity index is 2.12. The molecule has 0 spiro atoms. The average Bonchev–Trinajstić information content (AvgIpc) is 2.50. The topological polar surface area (TPSA) is 51.8 Å². The van der Waals surface area contributed by atoms with Gasteiger partial charge in [-0.25, -0.2) is 0 Å². The van der Waals surface area contributed by atoms with E-state index >= 15 is 0 Å². The van der Waals surface area contributed by atoms with Crippen molar-refractivity contribution in [2.24, 2.45) is 0 Å². The molecule has 1 fully saturated rings. The van der Waals surface area contributed by atoms with Gasteiger partial charge in [-0.3, -0.25) is 0 Å². The SMILES string of the molecule is CCOc1c(OC)cc(CNC2CC(C)(C)NC(C)(C)C2)cc1OC. The lowest BCUT2D eigenvalue weighted by atomic mass is 9.79. The van der Waals surface area contributed by atoms with Crippen molar-refractivity contribution >= 4 is 0 Å². The molecule has 1 aliphatic heterocycles. The molecule has 0 amide bonds. The Kier molecular flexibility index (Phi) is 6.22. The zero-order valence-electron chi connectivity index (χ0n) is 16.8. The number of rotatable bonds is 7. The molecule has 1 aromatic carbocycles. The lowest BCUT2D eigenvalue weighted by Crippen LogP contribution is -2.61. The molecular formula is C20H34N2O3. The Morgan fingerprint density at radius 1 is 1.04 bits per heavy atom. The lowest BCUT2D eigenvalue weighted by molar-refractivity contribution is 0.145. The number of hydrogen-bond acceptors (Lipinski definition) is 5. The Bertz CT molecular complexity index is 543. The number of nitrogens with one attached hydrogen (secondary N) is 2. The second kappa shape index (κ2) is 7.83. The smallest absolute Gasteiger partial charge is 0.203 e. The van der Waals surface area contributed by atoms with E-state index in [-0.39, 0.29) is 11.1 Å². The van der Waals surface area contributed by atoms with E-state index in [9.17, 15) is 0 Å². The van der Waals surface area contributed by atoms with Crippen LogP contribution in [0.3, 0.4) is 0 Å². The van der Waals surface area contributed by atoms with Crippen LogP contribution in [0.5, 0.6) is 17.2 Å². The predicted molar refractivity (Wildman–Crippen MR) is 102 cm³/mol. The Morgan fingerprint density at radius 3 is 2.00 bits per heavy atom. The third-order valence-corrected chi connectivity index (χ3v) is 4.59. The van der Waals surface area contributed by atoms with Crippen molar-refractivity contribution in [2.75, 3.05) is 20.8 Å². The van der Waals surface area contributed by atoms with E-state index in [1.165, 1.54) is 0 Å². The second-order valence-corrected chi connectivity index (χ2v) is 8.14. The highest BCUT2D eigenvalue weighted by Crippen LogP contribution is 2.38. The van der Waals surface area contributed by atoms with Crippen LogP contribution in [0.15, 0.2) is 12.1 Å². The van der Waals surface area contributed by atoms with Gasteiger partial charge in [0.1, 0.15) is 0 Å². The highest BCUT2D eigenvalue weighted by atomic mass is 16.5. The van der Waals surface area contributed by atoms with Crippen LogP contribution in [0.4, 0.5) is 0 Å². The molecular weight excluding hydrogens is 316 g/mol. The van der Waals surface area contributed by atoms with Gasteiger partial charge in [0, 0.05) is 23.7 Å². The molecule has 1 heterocycles. The average molecular weight is 351 g/mol. The fourth-order valence-electron chi connectivity index (χ4n) is 4.05. The molecule has 1 saturated heterocycles. The Morgan fingerprint density at radius 2 is 1.56 bits per heavy atom. The lowest BCUT2D eigenvalue weighted by Gasteiger charge is -2.46. The molecule has 1 aliphatic rings. The maximum absolute atomic E-state index is 5.68. The summed E-state index contributed by atoms with van der Waals surface area (Å²) >= 11 is 0. The maximum Gasteiger partial charge on any atom is 0.203 e.